The summed E-state index contributed by atoms with van der Waals surface area (Å²) >= 11 is 1.53. The van der Waals surface area contributed by atoms with Crippen LogP contribution >= 0.6 is 11.3 Å². The van der Waals surface area contributed by atoms with Crippen LogP contribution in [0.5, 0.6) is 0 Å². The number of piperazine rings is 1. The number of hydrogen-bond donors (Lipinski definition) is 1. The van der Waals surface area contributed by atoms with Crippen molar-refractivity contribution in [3.05, 3.63) is 44.2 Å². The van der Waals surface area contributed by atoms with Gasteiger partial charge in [0.15, 0.2) is 0 Å². The Hall–Kier alpha value is -2.81. The number of nitrogens with zero attached hydrogens (tertiary/aromatic N) is 5. The van der Waals surface area contributed by atoms with Crippen LogP contribution in [0.15, 0.2) is 10.9 Å². The molecule has 0 saturated carbocycles. The first-order valence-electron chi connectivity index (χ1n) is 11.1. The standard InChI is InChI=1S/C23H30N6O2S/c1-13(2)21-24-14(3)12-18(27-21)28-8-10-29(11-9-28)19(30)7-6-17-25-22(31)20-15(4)16(5)32-23(20)26-17/h12-13H,6-11H2,1-5H3,(H,25,26,31). The summed E-state index contributed by atoms with van der Waals surface area (Å²) in [5.41, 5.74) is 1.83. The average Bonchev–Trinajstić information content (AvgIpc) is 3.05. The molecular formula is C23H30N6O2S. The van der Waals surface area contributed by atoms with E-state index in [0.717, 1.165) is 45.7 Å². The summed E-state index contributed by atoms with van der Waals surface area (Å²) < 4.78 is 0. The number of aromatic nitrogens is 4. The number of rotatable bonds is 5. The first kappa shape index (κ1) is 22.4. The van der Waals surface area contributed by atoms with E-state index in [2.05, 4.69) is 33.7 Å². The second-order valence-corrected chi connectivity index (χ2v) is 9.93. The maximum atomic E-state index is 12.8. The third-order valence-corrected chi connectivity index (χ3v) is 7.10. The SMILES string of the molecule is Cc1cc(N2CCN(C(=O)CCc3nc4sc(C)c(C)c4c(=O)[nH]3)CC2)nc(C(C)C)n1. The highest BCUT2D eigenvalue weighted by molar-refractivity contribution is 7.18. The Labute approximate surface area is 191 Å². The van der Waals surface area contributed by atoms with E-state index in [0.29, 0.717) is 37.1 Å². The lowest BCUT2D eigenvalue weighted by atomic mass is 10.2. The summed E-state index contributed by atoms with van der Waals surface area (Å²) in [5.74, 6) is 2.73. The quantitative estimate of drug-likeness (QED) is 0.637. The van der Waals surface area contributed by atoms with Gasteiger partial charge in [-0.2, -0.15) is 0 Å². The Bertz CT molecular complexity index is 1210. The number of nitrogens with one attached hydrogen (secondary N) is 1. The molecule has 0 atom stereocenters. The molecule has 0 radical (unpaired) electrons. The average molecular weight is 455 g/mol. The maximum Gasteiger partial charge on any atom is 0.259 e. The van der Waals surface area contributed by atoms with Crippen LogP contribution < -0.4 is 10.5 Å². The molecule has 4 heterocycles. The first-order valence-corrected chi connectivity index (χ1v) is 11.9. The van der Waals surface area contributed by atoms with Crippen molar-refractivity contribution in [2.75, 3.05) is 31.1 Å². The van der Waals surface area contributed by atoms with Gasteiger partial charge in [0.05, 0.1) is 5.39 Å². The second kappa shape index (κ2) is 8.97. The lowest BCUT2D eigenvalue weighted by molar-refractivity contribution is -0.131. The van der Waals surface area contributed by atoms with E-state index in [1.807, 2.05) is 31.7 Å². The Morgan fingerprint density at radius 3 is 2.53 bits per heavy atom. The van der Waals surface area contributed by atoms with Crippen LogP contribution in [-0.4, -0.2) is 56.9 Å². The van der Waals surface area contributed by atoms with Crippen molar-refractivity contribution in [2.45, 2.75) is 53.4 Å². The summed E-state index contributed by atoms with van der Waals surface area (Å²) in [4.78, 5) is 47.9. The Kier molecular flexibility index (Phi) is 6.28. The van der Waals surface area contributed by atoms with E-state index in [-0.39, 0.29) is 17.4 Å². The molecule has 1 amide bonds. The number of aryl methyl sites for hydroxylation is 4. The van der Waals surface area contributed by atoms with Crippen LogP contribution in [0.2, 0.25) is 0 Å². The maximum absolute atomic E-state index is 12.8. The third kappa shape index (κ3) is 4.53. The number of H-pyrrole nitrogens is 1. The van der Waals surface area contributed by atoms with E-state index in [4.69, 9.17) is 4.98 Å². The van der Waals surface area contributed by atoms with E-state index >= 15 is 0 Å². The molecule has 170 valence electrons. The molecule has 8 nitrogen and oxygen atoms in total. The minimum Gasteiger partial charge on any atom is -0.353 e. The zero-order valence-electron chi connectivity index (χ0n) is 19.4. The fraction of sp³-hybridized carbons (Fsp3) is 0.522. The van der Waals surface area contributed by atoms with Crippen LogP contribution in [0, 0.1) is 20.8 Å². The molecule has 3 aromatic rings. The van der Waals surface area contributed by atoms with Gasteiger partial charge in [0.1, 0.15) is 22.3 Å². The third-order valence-electron chi connectivity index (χ3n) is 5.99. The lowest BCUT2D eigenvalue weighted by Gasteiger charge is -2.35. The monoisotopic (exact) mass is 454 g/mol. The van der Waals surface area contributed by atoms with Crippen LogP contribution in [0.25, 0.3) is 10.2 Å². The van der Waals surface area contributed by atoms with Gasteiger partial charge < -0.3 is 14.8 Å². The largest absolute Gasteiger partial charge is 0.353 e. The normalized spacial score (nSPS) is 14.6. The number of hydrogen-bond acceptors (Lipinski definition) is 7. The molecule has 1 N–H and O–H groups in total. The number of carbonyl (C=O) groups excluding carboxylic acids is 1. The van der Waals surface area contributed by atoms with Gasteiger partial charge in [-0.25, -0.2) is 15.0 Å². The Morgan fingerprint density at radius 2 is 1.84 bits per heavy atom. The highest BCUT2D eigenvalue weighted by Gasteiger charge is 2.23. The van der Waals surface area contributed by atoms with E-state index in [9.17, 15) is 9.59 Å². The molecule has 32 heavy (non-hydrogen) atoms. The summed E-state index contributed by atoms with van der Waals surface area (Å²) in [6.45, 7) is 12.9. The molecule has 0 aliphatic carbocycles. The molecule has 1 aliphatic rings. The Balaban J connectivity index is 1.36. The van der Waals surface area contributed by atoms with Crippen LogP contribution in [-0.2, 0) is 11.2 Å². The smallest absolute Gasteiger partial charge is 0.259 e. The van der Waals surface area contributed by atoms with Gasteiger partial charge >= 0.3 is 0 Å². The van der Waals surface area contributed by atoms with Crippen LogP contribution in [0.3, 0.4) is 0 Å². The van der Waals surface area contributed by atoms with Gasteiger partial charge in [0.2, 0.25) is 5.91 Å². The van der Waals surface area contributed by atoms with Crippen LogP contribution in [0.1, 0.15) is 54.0 Å². The van der Waals surface area contributed by atoms with Gasteiger partial charge in [-0.15, -0.1) is 11.3 Å². The molecular weight excluding hydrogens is 424 g/mol. The van der Waals surface area contributed by atoms with Crippen molar-refractivity contribution in [1.82, 2.24) is 24.8 Å². The molecule has 0 aromatic carbocycles. The molecule has 4 rings (SSSR count). The molecule has 1 fully saturated rings. The molecule has 1 aliphatic heterocycles. The highest BCUT2D eigenvalue weighted by atomic mass is 32.1. The van der Waals surface area contributed by atoms with Gasteiger partial charge in [-0.05, 0) is 26.3 Å². The summed E-state index contributed by atoms with van der Waals surface area (Å²) in [5, 5.41) is 0.666. The molecule has 0 bridgehead atoms. The second-order valence-electron chi connectivity index (χ2n) is 8.72. The number of anilines is 1. The van der Waals surface area contributed by atoms with Crippen molar-refractivity contribution in [1.29, 1.82) is 0 Å². The number of amides is 1. The summed E-state index contributed by atoms with van der Waals surface area (Å²) in [6.07, 6.45) is 0.769. The summed E-state index contributed by atoms with van der Waals surface area (Å²) in [6, 6.07) is 2.01. The van der Waals surface area contributed by atoms with Crippen molar-refractivity contribution < 1.29 is 4.79 Å². The fourth-order valence-electron chi connectivity index (χ4n) is 3.98. The Morgan fingerprint density at radius 1 is 1.12 bits per heavy atom. The van der Waals surface area contributed by atoms with E-state index < -0.39 is 0 Å². The van der Waals surface area contributed by atoms with E-state index in [1.54, 1.807) is 0 Å². The fourth-order valence-corrected chi connectivity index (χ4v) is 5.03. The van der Waals surface area contributed by atoms with Gasteiger partial charge in [0, 0.05) is 61.6 Å². The molecule has 0 unspecified atom stereocenters. The predicted molar refractivity (Wildman–Crippen MR) is 128 cm³/mol. The molecule has 3 aromatic heterocycles. The number of aromatic amines is 1. The molecule has 1 saturated heterocycles. The van der Waals surface area contributed by atoms with Crippen molar-refractivity contribution in [3.8, 4) is 0 Å². The highest BCUT2D eigenvalue weighted by Crippen LogP contribution is 2.26. The zero-order valence-corrected chi connectivity index (χ0v) is 20.2. The number of fused-ring (bicyclic) bond motifs is 1. The van der Waals surface area contributed by atoms with Gasteiger partial charge in [-0.1, -0.05) is 13.8 Å². The van der Waals surface area contributed by atoms with Crippen molar-refractivity contribution >= 4 is 33.3 Å². The minimum absolute atomic E-state index is 0.0904. The van der Waals surface area contributed by atoms with E-state index in [1.165, 1.54) is 11.3 Å². The lowest BCUT2D eigenvalue weighted by Crippen LogP contribution is -2.49. The number of carbonyl (C=O) groups is 1. The molecule has 9 heteroatoms. The van der Waals surface area contributed by atoms with Crippen molar-refractivity contribution in [2.24, 2.45) is 0 Å². The zero-order chi connectivity index (χ0) is 23.0. The minimum atomic E-state index is -0.117. The predicted octanol–water partition coefficient (Wildman–Crippen LogP) is 3.10. The van der Waals surface area contributed by atoms with Crippen LogP contribution in [0.4, 0.5) is 5.82 Å². The molecule has 0 spiro atoms. The van der Waals surface area contributed by atoms with Gasteiger partial charge in [0.25, 0.3) is 5.56 Å². The number of thiophene rings is 1. The topological polar surface area (TPSA) is 95.1 Å². The first-order chi connectivity index (χ1) is 15.2. The van der Waals surface area contributed by atoms with Gasteiger partial charge in [-0.3, -0.25) is 9.59 Å². The van der Waals surface area contributed by atoms with Crippen molar-refractivity contribution in [3.63, 3.8) is 0 Å². The summed E-state index contributed by atoms with van der Waals surface area (Å²) in [7, 11) is 0.